The van der Waals surface area contributed by atoms with Gasteiger partial charge in [0.15, 0.2) is 5.11 Å². The maximum absolute atomic E-state index is 12.0. The summed E-state index contributed by atoms with van der Waals surface area (Å²) in [6, 6.07) is 17.1. The fraction of sp³-hybridized carbons (Fsp3) is 0.200. The van der Waals surface area contributed by atoms with Crippen molar-refractivity contribution in [3.05, 3.63) is 66.2 Å². The zero-order valence-electron chi connectivity index (χ0n) is 14.2. The van der Waals surface area contributed by atoms with Crippen LogP contribution in [0.2, 0.25) is 0 Å². The number of ether oxygens (including phenoxy) is 1. The highest BCUT2D eigenvalue weighted by Gasteiger charge is 2.06. The maximum atomic E-state index is 12.0. The third-order valence-corrected chi connectivity index (χ3v) is 3.56. The highest BCUT2D eigenvalue weighted by molar-refractivity contribution is 7.80. The highest BCUT2D eigenvalue weighted by atomic mass is 32.1. The summed E-state index contributed by atoms with van der Waals surface area (Å²) in [5.74, 6) is 0.429. The monoisotopic (exact) mass is 354 g/mol. The van der Waals surface area contributed by atoms with Gasteiger partial charge in [-0.05, 0) is 42.4 Å². The molecule has 0 atom stereocenters. The molecule has 130 valence electrons. The Morgan fingerprint density at radius 2 is 1.84 bits per heavy atom. The second kappa shape index (κ2) is 10.3. The van der Waals surface area contributed by atoms with Gasteiger partial charge in [0.05, 0.1) is 12.3 Å². The summed E-state index contributed by atoms with van der Waals surface area (Å²) in [4.78, 5) is 12.0. The molecule has 4 nitrogen and oxygen atoms in total. The number of hydrogen-bond donors (Lipinski definition) is 2. The van der Waals surface area contributed by atoms with Crippen molar-refractivity contribution in [3.63, 3.8) is 0 Å². The number of carbonyl (C=O) groups excluding carboxylic acids is 1. The standard InChI is InChI=1S/C20H22N2O2S/c1-2-3-15-24-18-12-8-7-11-17(18)21-20(25)22-19(23)14-13-16-9-5-4-6-10-16/h4-14H,2-3,15H2,1H3,(H2,21,22,23,25)/b14-13+. The highest BCUT2D eigenvalue weighted by Crippen LogP contribution is 2.23. The zero-order valence-corrected chi connectivity index (χ0v) is 15.0. The van der Waals surface area contributed by atoms with Crippen LogP contribution in [0, 0.1) is 0 Å². The molecule has 2 N–H and O–H groups in total. The minimum Gasteiger partial charge on any atom is -0.491 e. The first-order chi connectivity index (χ1) is 12.2. The first-order valence-corrected chi connectivity index (χ1v) is 8.67. The van der Waals surface area contributed by atoms with Crippen molar-refractivity contribution >= 4 is 35.0 Å². The Labute approximate surface area is 153 Å². The van der Waals surface area contributed by atoms with Crippen molar-refractivity contribution in [2.75, 3.05) is 11.9 Å². The average Bonchev–Trinajstić information content (AvgIpc) is 2.62. The van der Waals surface area contributed by atoms with Crippen molar-refractivity contribution in [1.29, 1.82) is 0 Å². The summed E-state index contributed by atoms with van der Waals surface area (Å²) in [5.41, 5.74) is 1.68. The molecule has 0 saturated heterocycles. The quantitative estimate of drug-likeness (QED) is 0.440. The molecule has 0 aromatic heterocycles. The Balaban J connectivity index is 1.89. The van der Waals surface area contributed by atoms with Crippen LogP contribution in [0.5, 0.6) is 5.75 Å². The molecule has 0 radical (unpaired) electrons. The predicted molar refractivity (Wildman–Crippen MR) is 107 cm³/mol. The largest absolute Gasteiger partial charge is 0.491 e. The Hall–Kier alpha value is -2.66. The molecule has 2 rings (SSSR count). The van der Waals surface area contributed by atoms with Crippen LogP contribution in [-0.2, 0) is 4.79 Å². The molecule has 5 heteroatoms. The number of benzene rings is 2. The number of nitrogens with one attached hydrogen (secondary N) is 2. The Bertz CT molecular complexity index is 729. The van der Waals surface area contributed by atoms with Gasteiger partial charge in [0, 0.05) is 6.08 Å². The van der Waals surface area contributed by atoms with E-state index in [1.807, 2.05) is 54.6 Å². The molecule has 1 amide bonds. The predicted octanol–water partition coefficient (Wildman–Crippen LogP) is 4.39. The lowest BCUT2D eigenvalue weighted by Crippen LogP contribution is -2.32. The molecule has 0 saturated carbocycles. The number of anilines is 1. The van der Waals surface area contributed by atoms with E-state index in [0.717, 1.165) is 24.1 Å². The van der Waals surface area contributed by atoms with E-state index in [-0.39, 0.29) is 11.0 Å². The molecule has 0 spiro atoms. The molecule has 2 aromatic carbocycles. The first kappa shape index (κ1) is 18.7. The zero-order chi connectivity index (χ0) is 17.9. The third kappa shape index (κ3) is 6.77. The fourth-order valence-corrected chi connectivity index (χ4v) is 2.28. The molecule has 0 aliphatic rings. The molecule has 25 heavy (non-hydrogen) atoms. The SMILES string of the molecule is CCCCOc1ccccc1NC(=S)NC(=O)/C=C/c1ccccc1. The van der Waals surface area contributed by atoms with E-state index in [1.54, 1.807) is 6.08 Å². The van der Waals surface area contributed by atoms with Gasteiger partial charge in [-0.15, -0.1) is 0 Å². The lowest BCUT2D eigenvalue weighted by atomic mass is 10.2. The fourth-order valence-electron chi connectivity index (χ4n) is 2.07. The molecule has 0 heterocycles. The topological polar surface area (TPSA) is 50.4 Å². The summed E-state index contributed by atoms with van der Waals surface area (Å²) in [7, 11) is 0. The van der Waals surface area contributed by atoms with Gasteiger partial charge in [-0.25, -0.2) is 0 Å². The Kier molecular flexibility index (Phi) is 7.66. The second-order valence-electron chi connectivity index (χ2n) is 5.39. The van der Waals surface area contributed by atoms with Crippen molar-refractivity contribution in [1.82, 2.24) is 5.32 Å². The van der Waals surface area contributed by atoms with Gasteiger partial charge >= 0.3 is 0 Å². The molecular weight excluding hydrogens is 332 g/mol. The first-order valence-electron chi connectivity index (χ1n) is 8.26. The van der Waals surface area contributed by atoms with Crippen molar-refractivity contribution in [3.8, 4) is 5.75 Å². The van der Waals surface area contributed by atoms with Crippen LogP contribution in [0.1, 0.15) is 25.3 Å². The van der Waals surface area contributed by atoms with Crippen LogP contribution >= 0.6 is 12.2 Å². The number of amides is 1. The van der Waals surface area contributed by atoms with Gasteiger partial charge in [-0.1, -0.05) is 55.8 Å². The molecular formula is C20H22N2O2S. The Morgan fingerprint density at radius 1 is 1.12 bits per heavy atom. The maximum Gasteiger partial charge on any atom is 0.250 e. The van der Waals surface area contributed by atoms with E-state index in [1.165, 1.54) is 6.08 Å². The van der Waals surface area contributed by atoms with Crippen LogP contribution in [0.3, 0.4) is 0 Å². The van der Waals surface area contributed by atoms with Gasteiger partial charge in [-0.3, -0.25) is 10.1 Å². The molecule has 2 aromatic rings. The second-order valence-corrected chi connectivity index (χ2v) is 5.79. The van der Waals surface area contributed by atoms with Crippen LogP contribution < -0.4 is 15.4 Å². The smallest absolute Gasteiger partial charge is 0.250 e. The molecule has 0 aliphatic carbocycles. The number of unbranched alkanes of at least 4 members (excludes halogenated alkanes) is 1. The van der Waals surface area contributed by atoms with E-state index >= 15 is 0 Å². The molecule has 0 unspecified atom stereocenters. The van der Waals surface area contributed by atoms with Crippen LogP contribution in [0.25, 0.3) is 6.08 Å². The normalized spacial score (nSPS) is 10.4. The third-order valence-electron chi connectivity index (χ3n) is 3.35. The van der Waals surface area contributed by atoms with Gasteiger partial charge < -0.3 is 10.1 Å². The summed E-state index contributed by atoms with van der Waals surface area (Å²) in [6.07, 6.45) is 5.24. The summed E-state index contributed by atoms with van der Waals surface area (Å²) < 4.78 is 5.74. The van der Waals surface area contributed by atoms with Crippen LogP contribution in [0.15, 0.2) is 60.7 Å². The Morgan fingerprint density at radius 3 is 2.60 bits per heavy atom. The lowest BCUT2D eigenvalue weighted by molar-refractivity contribution is -0.115. The van der Waals surface area contributed by atoms with Gasteiger partial charge in [0.1, 0.15) is 5.75 Å². The summed E-state index contributed by atoms with van der Waals surface area (Å²) in [6.45, 7) is 2.76. The minimum atomic E-state index is -0.286. The number of thiocarbonyl (C=S) groups is 1. The number of hydrogen-bond acceptors (Lipinski definition) is 3. The number of para-hydroxylation sites is 2. The summed E-state index contributed by atoms with van der Waals surface area (Å²) >= 11 is 5.21. The number of rotatable bonds is 7. The van der Waals surface area contributed by atoms with E-state index in [9.17, 15) is 4.79 Å². The summed E-state index contributed by atoms with van der Waals surface area (Å²) in [5, 5.41) is 5.87. The van der Waals surface area contributed by atoms with Gasteiger partial charge in [0.25, 0.3) is 0 Å². The van der Waals surface area contributed by atoms with Crippen LogP contribution in [-0.4, -0.2) is 17.6 Å². The average molecular weight is 354 g/mol. The van der Waals surface area contributed by atoms with E-state index in [2.05, 4.69) is 17.6 Å². The molecule has 0 aliphatic heterocycles. The van der Waals surface area contributed by atoms with E-state index in [4.69, 9.17) is 17.0 Å². The van der Waals surface area contributed by atoms with Crippen molar-refractivity contribution in [2.24, 2.45) is 0 Å². The molecule has 0 fully saturated rings. The minimum absolute atomic E-state index is 0.231. The van der Waals surface area contributed by atoms with E-state index in [0.29, 0.717) is 12.4 Å². The van der Waals surface area contributed by atoms with Gasteiger partial charge in [-0.2, -0.15) is 0 Å². The van der Waals surface area contributed by atoms with Crippen molar-refractivity contribution in [2.45, 2.75) is 19.8 Å². The van der Waals surface area contributed by atoms with Gasteiger partial charge in [0.2, 0.25) is 5.91 Å². The number of carbonyl (C=O) groups is 1. The van der Waals surface area contributed by atoms with E-state index < -0.39 is 0 Å². The lowest BCUT2D eigenvalue weighted by Gasteiger charge is -2.13. The van der Waals surface area contributed by atoms with Crippen LogP contribution in [0.4, 0.5) is 5.69 Å². The molecule has 0 bridgehead atoms. The van der Waals surface area contributed by atoms with Crippen molar-refractivity contribution < 1.29 is 9.53 Å².